The lowest BCUT2D eigenvalue weighted by Crippen LogP contribution is -2.32. The van der Waals surface area contributed by atoms with Gasteiger partial charge in [-0.05, 0) is 42.2 Å². The third kappa shape index (κ3) is 4.24. The number of hydrogen-bond donors (Lipinski definition) is 2. The van der Waals surface area contributed by atoms with E-state index in [9.17, 15) is 9.59 Å². The molecule has 2 aromatic rings. The van der Waals surface area contributed by atoms with Crippen LogP contribution in [0.5, 0.6) is 0 Å². The van der Waals surface area contributed by atoms with Crippen LogP contribution < -0.4 is 10.6 Å². The van der Waals surface area contributed by atoms with Crippen molar-refractivity contribution in [2.45, 2.75) is 13.3 Å². The maximum Gasteiger partial charge on any atom is 0.265 e. The fraction of sp³-hybridized carbons (Fsp3) is 0.231. The quantitative estimate of drug-likeness (QED) is 0.882. The van der Waals surface area contributed by atoms with E-state index in [1.54, 1.807) is 24.3 Å². The standard InChI is InChI=1S/C13H13ClN4O2S/c1-2-10-12(21-18-17-10)13(20)15-7-11(19)16-9-5-3-8(14)4-6-9/h3-6H,2,7H2,1H3,(H,15,20)(H,16,19). The Balaban J connectivity index is 1.86. The van der Waals surface area contributed by atoms with E-state index in [1.165, 1.54) is 0 Å². The number of nitrogens with zero attached hydrogens (tertiary/aromatic N) is 2. The largest absolute Gasteiger partial charge is 0.342 e. The topological polar surface area (TPSA) is 84.0 Å². The number of rotatable bonds is 5. The summed E-state index contributed by atoms with van der Waals surface area (Å²) in [6, 6.07) is 6.72. The van der Waals surface area contributed by atoms with Crippen LogP contribution in [-0.2, 0) is 11.2 Å². The number of aromatic nitrogens is 2. The van der Waals surface area contributed by atoms with E-state index in [-0.39, 0.29) is 18.4 Å². The number of aryl methyl sites for hydroxylation is 1. The second-order valence-electron chi connectivity index (χ2n) is 4.14. The van der Waals surface area contributed by atoms with Gasteiger partial charge in [0.1, 0.15) is 4.88 Å². The van der Waals surface area contributed by atoms with Gasteiger partial charge in [-0.2, -0.15) is 0 Å². The van der Waals surface area contributed by atoms with Crippen LogP contribution in [0.3, 0.4) is 0 Å². The van der Waals surface area contributed by atoms with Crippen LogP contribution >= 0.6 is 23.1 Å². The minimum atomic E-state index is -0.340. The van der Waals surface area contributed by atoms with Crippen LogP contribution in [0, 0.1) is 0 Å². The smallest absolute Gasteiger partial charge is 0.265 e. The Morgan fingerprint density at radius 3 is 2.67 bits per heavy atom. The summed E-state index contributed by atoms with van der Waals surface area (Å²) in [5.41, 5.74) is 1.25. The zero-order chi connectivity index (χ0) is 15.2. The molecule has 0 saturated heterocycles. The van der Waals surface area contributed by atoms with Gasteiger partial charge in [-0.15, -0.1) is 5.10 Å². The average Bonchev–Trinajstić information content (AvgIpc) is 2.96. The number of carbonyl (C=O) groups excluding carboxylic acids is 2. The molecule has 8 heteroatoms. The predicted octanol–water partition coefficient (Wildman–Crippen LogP) is 2.12. The van der Waals surface area contributed by atoms with Gasteiger partial charge in [-0.3, -0.25) is 9.59 Å². The van der Waals surface area contributed by atoms with Gasteiger partial charge in [-0.1, -0.05) is 23.0 Å². The summed E-state index contributed by atoms with van der Waals surface area (Å²) >= 11 is 6.78. The molecule has 1 heterocycles. The van der Waals surface area contributed by atoms with Crippen molar-refractivity contribution in [1.82, 2.24) is 14.9 Å². The second kappa shape index (κ2) is 7.14. The van der Waals surface area contributed by atoms with E-state index in [4.69, 9.17) is 11.6 Å². The van der Waals surface area contributed by atoms with Crippen LogP contribution in [0.2, 0.25) is 5.02 Å². The van der Waals surface area contributed by atoms with E-state index < -0.39 is 0 Å². The molecule has 2 rings (SSSR count). The van der Waals surface area contributed by atoms with Crippen LogP contribution in [0.25, 0.3) is 0 Å². The first-order valence-electron chi connectivity index (χ1n) is 6.25. The van der Waals surface area contributed by atoms with Crippen molar-refractivity contribution in [3.63, 3.8) is 0 Å². The van der Waals surface area contributed by atoms with Crippen LogP contribution in [0.4, 0.5) is 5.69 Å². The lowest BCUT2D eigenvalue weighted by Gasteiger charge is -2.06. The molecule has 1 aromatic carbocycles. The molecule has 0 atom stereocenters. The van der Waals surface area contributed by atoms with Crippen molar-refractivity contribution >= 4 is 40.6 Å². The van der Waals surface area contributed by atoms with Gasteiger partial charge in [0.05, 0.1) is 12.2 Å². The molecule has 0 aliphatic heterocycles. The Morgan fingerprint density at radius 2 is 2.00 bits per heavy atom. The Morgan fingerprint density at radius 1 is 1.29 bits per heavy atom. The van der Waals surface area contributed by atoms with E-state index in [0.29, 0.717) is 27.7 Å². The SMILES string of the molecule is CCc1nnsc1C(=O)NCC(=O)Nc1ccc(Cl)cc1. The zero-order valence-corrected chi connectivity index (χ0v) is 12.8. The minimum Gasteiger partial charge on any atom is -0.342 e. The number of hydrogen-bond acceptors (Lipinski definition) is 5. The number of carbonyl (C=O) groups is 2. The van der Waals surface area contributed by atoms with Crippen molar-refractivity contribution in [3.05, 3.63) is 39.9 Å². The van der Waals surface area contributed by atoms with Gasteiger partial charge in [0.25, 0.3) is 5.91 Å². The molecular weight excluding hydrogens is 312 g/mol. The highest BCUT2D eigenvalue weighted by molar-refractivity contribution is 7.08. The summed E-state index contributed by atoms with van der Waals surface area (Å²) in [6.45, 7) is 1.77. The first-order valence-corrected chi connectivity index (χ1v) is 7.40. The molecule has 0 unspecified atom stereocenters. The maximum atomic E-state index is 11.9. The lowest BCUT2D eigenvalue weighted by molar-refractivity contribution is -0.115. The molecule has 0 radical (unpaired) electrons. The van der Waals surface area contributed by atoms with E-state index in [1.807, 2.05) is 6.92 Å². The predicted molar refractivity (Wildman–Crippen MR) is 81.7 cm³/mol. The normalized spacial score (nSPS) is 10.2. The number of nitrogens with one attached hydrogen (secondary N) is 2. The zero-order valence-electron chi connectivity index (χ0n) is 11.2. The first kappa shape index (κ1) is 15.4. The molecular formula is C13H13ClN4O2S. The summed E-state index contributed by atoms with van der Waals surface area (Å²) in [5.74, 6) is -0.658. The maximum absolute atomic E-state index is 11.9. The molecule has 6 nitrogen and oxygen atoms in total. The third-order valence-electron chi connectivity index (χ3n) is 2.63. The van der Waals surface area contributed by atoms with Crippen molar-refractivity contribution in [3.8, 4) is 0 Å². The van der Waals surface area contributed by atoms with E-state index in [0.717, 1.165) is 11.5 Å². The highest BCUT2D eigenvalue weighted by atomic mass is 35.5. The Bertz CT molecular complexity index is 642. The fourth-order valence-electron chi connectivity index (χ4n) is 1.59. The van der Waals surface area contributed by atoms with Crippen molar-refractivity contribution < 1.29 is 9.59 Å². The molecule has 21 heavy (non-hydrogen) atoms. The van der Waals surface area contributed by atoms with Gasteiger partial charge >= 0.3 is 0 Å². The molecule has 0 fully saturated rings. The Kier molecular flexibility index (Phi) is 5.24. The molecule has 0 bridgehead atoms. The van der Waals surface area contributed by atoms with E-state index >= 15 is 0 Å². The van der Waals surface area contributed by atoms with Crippen molar-refractivity contribution in [1.29, 1.82) is 0 Å². The molecule has 2 amide bonds. The van der Waals surface area contributed by atoms with Gasteiger partial charge in [0.2, 0.25) is 5.91 Å². The summed E-state index contributed by atoms with van der Waals surface area (Å²) in [5, 5.41) is 9.65. The van der Waals surface area contributed by atoms with Crippen LogP contribution in [-0.4, -0.2) is 27.9 Å². The molecule has 110 valence electrons. The van der Waals surface area contributed by atoms with Gasteiger partial charge in [0.15, 0.2) is 0 Å². The van der Waals surface area contributed by atoms with E-state index in [2.05, 4.69) is 20.2 Å². The highest BCUT2D eigenvalue weighted by Gasteiger charge is 2.15. The molecule has 0 aliphatic rings. The van der Waals surface area contributed by atoms with Gasteiger partial charge in [0, 0.05) is 10.7 Å². The summed E-state index contributed by atoms with van der Waals surface area (Å²) in [7, 11) is 0. The fourth-order valence-corrected chi connectivity index (χ4v) is 2.38. The van der Waals surface area contributed by atoms with Gasteiger partial charge in [-0.25, -0.2) is 0 Å². The summed E-state index contributed by atoms with van der Waals surface area (Å²) < 4.78 is 3.73. The number of benzene rings is 1. The number of halogens is 1. The minimum absolute atomic E-state index is 0.123. The first-order chi connectivity index (χ1) is 10.1. The molecule has 0 aliphatic carbocycles. The van der Waals surface area contributed by atoms with Gasteiger partial charge < -0.3 is 10.6 Å². The summed E-state index contributed by atoms with van der Waals surface area (Å²) in [6.07, 6.45) is 0.621. The van der Waals surface area contributed by atoms with Crippen LogP contribution in [0.15, 0.2) is 24.3 Å². The molecule has 1 aromatic heterocycles. The molecule has 0 saturated carbocycles. The molecule has 0 spiro atoms. The highest BCUT2D eigenvalue weighted by Crippen LogP contribution is 2.13. The van der Waals surface area contributed by atoms with Crippen molar-refractivity contribution in [2.24, 2.45) is 0 Å². The number of amides is 2. The summed E-state index contributed by atoms with van der Waals surface area (Å²) in [4.78, 5) is 24.1. The van der Waals surface area contributed by atoms with Crippen LogP contribution in [0.1, 0.15) is 22.3 Å². The lowest BCUT2D eigenvalue weighted by atomic mass is 10.3. The average molecular weight is 325 g/mol. The monoisotopic (exact) mass is 324 g/mol. The second-order valence-corrected chi connectivity index (χ2v) is 5.33. The Hall–Kier alpha value is -1.99. The van der Waals surface area contributed by atoms with Crippen molar-refractivity contribution in [2.75, 3.05) is 11.9 Å². The Labute approximate surface area is 130 Å². The molecule has 2 N–H and O–H groups in total. The number of anilines is 1. The third-order valence-corrected chi connectivity index (χ3v) is 3.65.